The number of urea groups is 1. The zero-order chi connectivity index (χ0) is 21.8. The van der Waals surface area contributed by atoms with E-state index in [4.69, 9.17) is 0 Å². The predicted octanol–water partition coefficient (Wildman–Crippen LogP) is 3.90. The number of piperazine rings is 1. The topological polar surface area (TPSA) is 55.9 Å². The lowest BCUT2D eigenvalue weighted by molar-refractivity contribution is -0.137. The van der Waals surface area contributed by atoms with Gasteiger partial charge < -0.3 is 20.0 Å². The van der Waals surface area contributed by atoms with Crippen molar-refractivity contribution in [1.29, 1.82) is 0 Å². The summed E-state index contributed by atoms with van der Waals surface area (Å²) in [5, 5.41) is 2.98. The minimum Gasteiger partial charge on any atom is -0.368 e. The van der Waals surface area contributed by atoms with Gasteiger partial charge in [-0.1, -0.05) is 24.3 Å². The van der Waals surface area contributed by atoms with Crippen molar-refractivity contribution in [3.05, 3.63) is 59.7 Å². The number of hydrogen-bond donors (Lipinski definition) is 1. The number of hydrogen-bond acceptors (Lipinski definition) is 3. The fraction of sp³-hybridized carbons (Fsp3) is 0.440. The number of likely N-dealkylation sites (tertiary alicyclic amines) is 1. The van der Waals surface area contributed by atoms with Gasteiger partial charge in [-0.3, -0.25) is 4.79 Å². The number of nitrogens with one attached hydrogen (secondary N) is 1. The molecule has 31 heavy (non-hydrogen) atoms. The highest BCUT2D eigenvalue weighted by Gasteiger charge is 2.32. The van der Waals surface area contributed by atoms with E-state index in [9.17, 15) is 9.59 Å². The van der Waals surface area contributed by atoms with Crippen molar-refractivity contribution >= 4 is 23.3 Å². The van der Waals surface area contributed by atoms with Crippen molar-refractivity contribution < 1.29 is 9.59 Å². The summed E-state index contributed by atoms with van der Waals surface area (Å²) in [7, 11) is 0. The zero-order valence-electron chi connectivity index (χ0n) is 18.5. The van der Waals surface area contributed by atoms with Gasteiger partial charge in [0.05, 0.1) is 5.92 Å². The van der Waals surface area contributed by atoms with Crippen molar-refractivity contribution in [3.8, 4) is 0 Å². The number of amides is 3. The first kappa shape index (κ1) is 21.2. The van der Waals surface area contributed by atoms with Crippen LogP contribution in [0.2, 0.25) is 0 Å². The molecule has 3 amide bonds. The van der Waals surface area contributed by atoms with E-state index in [1.807, 2.05) is 36.1 Å². The second kappa shape index (κ2) is 9.41. The number of carbonyl (C=O) groups is 2. The minimum atomic E-state index is -0.118. The molecular formula is C25H32N4O2. The van der Waals surface area contributed by atoms with Gasteiger partial charge in [0.2, 0.25) is 5.91 Å². The van der Waals surface area contributed by atoms with Crippen LogP contribution in [-0.2, 0) is 4.79 Å². The van der Waals surface area contributed by atoms with Crippen LogP contribution in [0.4, 0.5) is 16.2 Å². The molecule has 0 aliphatic carbocycles. The summed E-state index contributed by atoms with van der Waals surface area (Å²) in [6.45, 7) is 8.46. The van der Waals surface area contributed by atoms with E-state index >= 15 is 0 Å². The molecule has 1 atom stereocenters. The molecule has 2 heterocycles. The second-order valence-electron chi connectivity index (χ2n) is 8.74. The van der Waals surface area contributed by atoms with Gasteiger partial charge in [-0.25, -0.2) is 4.79 Å². The van der Waals surface area contributed by atoms with Gasteiger partial charge in [0, 0.05) is 50.6 Å². The fourth-order valence-electron chi connectivity index (χ4n) is 4.56. The molecule has 2 aliphatic heterocycles. The lowest BCUT2D eigenvalue weighted by Gasteiger charge is -2.39. The third-order valence-corrected chi connectivity index (χ3v) is 6.29. The average Bonchev–Trinajstić information content (AvgIpc) is 2.79. The first-order chi connectivity index (χ1) is 15.0. The van der Waals surface area contributed by atoms with Crippen molar-refractivity contribution in [2.45, 2.75) is 26.7 Å². The van der Waals surface area contributed by atoms with E-state index in [-0.39, 0.29) is 17.9 Å². The van der Waals surface area contributed by atoms with Crippen molar-refractivity contribution in [2.24, 2.45) is 5.92 Å². The summed E-state index contributed by atoms with van der Waals surface area (Å²) < 4.78 is 0. The molecule has 6 nitrogen and oxygen atoms in total. The number of benzene rings is 2. The summed E-state index contributed by atoms with van der Waals surface area (Å²) >= 11 is 0. The van der Waals surface area contributed by atoms with Gasteiger partial charge in [-0.2, -0.15) is 0 Å². The Morgan fingerprint density at radius 1 is 0.871 bits per heavy atom. The van der Waals surface area contributed by atoms with E-state index in [0.29, 0.717) is 13.1 Å². The Labute approximate surface area is 184 Å². The maximum atomic E-state index is 13.2. The van der Waals surface area contributed by atoms with Crippen LogP contribution in [0.15, 0.2) is 48.5 Å². The van der Waals surface area contributed by atoms with Crippen LogP contribution in [0.3, 0.4) is 0 Å². The Bertz CT molecular complexity index is 937. The highest BCUT2D eigenvalue weighted by molar-refractivity contribution is 5.90. The van der Waals surface area contributed by atoms with E-state index in [1.165, 1.54) is 11.3 Å². The Hall–Kier alpha value is -3.02. The first-order valence-electron chi connectivity index (χ1n) is 11.2. The molecule has 0 aromatic heterocycles. The molecule has 2 aromatic carbocycles. The SMILES string of the molecule is Cc1cccc(NC(=O)N2CCCC(C(=O)N3CCN(c4cccc(C)c4)CC3)C2)c1. The normalized spacial score (nSPS) is 19.3. The van der Waals surface area contributed by atoms with Crippen molar-refractivity contribution in [3.63, 3.8) is 0 Å². The van der Waals surface area contributed by atoms with E-state index < -0.39 is 0 Å². The summed E-state index contributed by atoms with van der Waals surface area (Å²) in [5.41, 5.74) is 4.38. The average molecular weight is 421 g/mol. The summed E-state index contributed by atoms with van der Waals surface area (Å²) in [6.07, 6.45) is 1.71. The van der Waals surface area contributed by atoms with Crippen LogP contribution in [0, 0.1) is 19.8 Å². The summed E-state index contributed by atoms with van der Waals surface area (Å²) in [4.78, 5) is 32.0. The van der Waals surface area contributed by atoms with E-state index in [0.717, 1.165) is 50.3 Å². The molecule has 1 unspecified atom stereocenters. The van der Waals surface area contributed by atoms with Gasteiger partial charge >= 0.3 is 6.03 Å². The molecular weight excluding hydrogens is 388 g/mol. The lowest BCUT2D eigenvalue weighted by atomic mass is 9.96. The molecule has 2 fully saturated rings. The molecule has 1 N–H and O–H groups in total. The number of aryl methyl sites for hydroxylation is 2. The lowest BCUT2D eigenvalue weighted by Crippen LogP contribution is -2.53. The van der Waals surface area contributed by atoms with Gasteiger partial charge in [0.1, 0.15) is 0 Å². The first-order valence-corrected chi connectivity index (χ1v) is 11.2. The summed E-state index contributed by atoms with van der Waals surface area (Å²) in [6, 6.07) is 16.2. The maximum Gasteiger partial charge on any atom is 0.321 e. The monoisotopic (exact) mass is 420 g/mol. The van der Waals surface area contributed by atoms with Crippen LogP contribution in [-0.4, -0.2) is 61.0 Å². The van der Waals surface area contributed by atoms with Crippen molar-refractivity contribution in [2.75, 3.05) is 49.5 Å². The van der Waals surface area contributed by atoms with Crippen molar-refractivity contribution in [1.82, 2.24) is 9.80 Å². The molecule has 2 aliphatic rings. The third-order valence-electron chi connectivity index (χ3n) is 6.29. The Morgan fingerprint density at radius 2 is 1.58 bits per heavy atom. The van der Waals surface area contributed by atoms with Crippen LogP contribution in [0.1, 0.15) is 24.0 Å². The molecule has 6 heteroatoms. The Balaban J connectivity index is 1.31. The molecule has 4 rings (SSSR count). The number of piperidine rings is 1. The molecule has 2 aromatic rings. The zero-order valence-corrected chi connectivity index (χ0v) is 18.5. The number of carbonyl (C=O) groups excluding carboxylic acids is 2. The summed E-state index contributed by atoms with van der Waals surface area (Å²) in [5.74, 6) is 0.0828. The van der Waals surface area contributed by atoms with Crippen LogP contribution >= 0.6 is 0 Å². The molecule has 0 radical (unpaired) electrons. The predicted molar refractivity (Wildman–Crippen MR) is 124 cm³/mol. The minimum absolute atomic E-state index is 0.109. The fourth-order valence-corrected chi connectivity index (χ4v) is 4.56. The molecule has 2 saturated heterocycles. The Kier molecular flexibility index (Phi) is 6.44. The largest absolute Gasteiger partial charge is 0.368 e. The maximum absolute atomic E-state index is 13.2. The second-order valence-corrected chi connectivity index (χ2v) is 8.74. The Morgan fingerprint density at radius 3 is 2.29 bits per heavy atom. The van der Waals surface area contributed by atoms with Crippen LogP contribution < -0.4 is 10.2 Å². The van der Waals surface area contributed by atoms with Gasteiger partial charge in [0.15, 0.2) is 0 Å². The molecule has 0 saturated carbocycles. The number of nitrogens with zero attached hydrogens (tertiary/aromatic N) is 3. The number of anilines is 2. The quantitative estimate of drug-likeness (QED) is 0.820. The van der Waals surface area contributed by atoms with E-state index in [2.05, 4.69) is 41.4 Å². The van der Waals surface area contributed by atoms with Crippen LogP contribution in [0.5, 0.6) is 0 Å². The molecule has 164 valence electrons. The molecule has 0 bridgehead atoms. The molecule has 0 spiro atoms. The van der Waals surface area contributed by atoms with Gasteiger partial charge in [-0.05, 0) is 62.1 Å². The highest BCUT2D eigenvalue weighted by atomic mass is 16.2. The smallest absolute Gasteiger partial charge is 0.321 e. The third kappa shape index (κ3) is 5.19. The van der Waals surface area contributed by atoms with Gasteiger partial charge in [-0.15, -0.1) is 0 Å². The van der Waals surface area contributed by atoms with E-state index in [1.54, 1.807) is 4.90 Å². The highest BCUT2D eigenvalue weighted by Crippen LogP contribution is 2.23. The van der Waals surface area contributed by atoms with Crippen LogP contribution in [0.25, 0.3) is 0 Å². The number of rotatable bonds is 3. The standard InChI is InChI=1S/C25H32N4O2/c1-19-6-3-9-22(16-19)26-25(31)29-11-5-8-21(18-29)24(30)28-14-12-27(13-15-28)23-10-4-7-20(2)17-23/h3-4,6-7,9-10,16-17,21H,5,8,11-15,18H2,1-2H3,(H,26,31). The van der Waals surface area contributed by atoms with Gasteiger partial charge in [0.25, 0.3) is 0 Å².